The molecule has 0 amide bonds. The lowest BCUT2D eigenvalue weighted by atomic mass is 10.0. The van der Waals surface area contributed by atoms with E-state index in [0.29, 0.717) is 12.7 Å². The van der Waals surface area contributed by atoms with Crippen LogP contribution in [0.15, 0.2) is 0 Å². The van der Waals surface area contributed by atoms with Crippen molar-refractivity contribution in [3.63, 3.8) is 0 Å². The third kappa shape index (κ3) is 16.1. The summed E-state index contributed by atoms with van der Waals surface area (Å²) >= 11 is 0. The molecule has 2 heteroatoms. The zero-order chi connectivity index (χ0) is 15.6. The molecule has 0 spiro atoms. The molecule has 0 aliphatic rings. The van der Waals surface area contributed by atoms with Gasteiger partial charge in [0.2, 0.25) is 0 Å². The average molecular weight is 301 g/mol. The highest BCUT2D eigenvalue weighted by Crippen LogP contribution is 2.16. The van der Waals surface area contributed by atoms with Gasteiger partial charge in [-0.1, -0.05) is 90.9 Å². The molecule has 0 aromatic rings. The highest BCUT2D eigenvalue weighted by atomic mass is 16.5. The zero-order valence-electron chi connectivity index (χ0n) is 14.7. The van der Waals surface area contributed by atoms with Crippen LogP contribution in [0.3, 0.4) is 0 Å². The molecule has 0 radical (unpaired) electrons. The largest absolute Gasteiger partial charge is 0.394 e. The van der Waals surface area contributed by atoms with Crippen molar-refractivity contribution in [2.45, 2.75) is 110 Å². The van der Waals surface area contributed by atoms with E-state index in [-0.39, 0.29) is 6.61 Å². The Bertz CT molecular complexity index is 182. The number of aliphatic hydroxyl groups excluding tert-OH is 1. The number of ether oxygens (including phenoxy) is 1. The minimum absolute atomic E-state index is 0.156. The molecule has 0 fully saturated rings. The summed E-state index contributed by atoms with van der Waals surface area (Å²) in [5.74, 6) is 0. The molecule has 2 nitrogen and oxygen atoms in total. The van der Waals surface area contributed by atoms with Crippen LogP contribution in [0.4, 0.5) is 0 Å². The van der Waals surface area contributed by atoms with Gasteiger partial charge >= 0.3 is 0 Å². The molecule has 0 aromatic carbocycles. The van der Waals surface area contributed by atoms with Crippen LogP contribution in [-0.2, 0) is 4.74 Å². The van der Waals surface area contributed by atoms with Gasteiger partial charge in [-0.05, 0) is 12.8 Å². The second-order valence-electron chi connectivity index (χ2n) is 6.33. The van der Waals surface area contributed by atoms with E-state index in [9.17, 15) is 0 Å². The molecule has 21 heavy (non-hydrogen) atoms. The molecule has 1 atom stereocenters. The molecule has 128 valence electrons. The van der Waals surface area contributed by atoms with Crippen molar-refractivity contribution in [2.24, 2.45) is 0 Å². The second-order valence-corrected chi connectivity index (χ2v) is 6.33. The summed E-state index contributed by atoms with van der Waals surface area (Å²) in [4.78, 5) is 0. The molecule has 0 aromatic heterocycles. The van der Waals surface area contributed by atoms with Gasteiger partial charge in [0.25, 0.3) is 0 Å². The molecule has 0 bridgehead atoms. The van der Waals surface area contributed by atoms with Gasteiger partial charge in [0.05, 0.1) is 19.3 Å². The number of rotatable bonds is 17. The minimum atomic E-state index is 0.156. The van der Waals surface area contributed by atoms with E-state index in [4.69, 9.17) is 9.84 Å². The summed E-state index contributed by atoms with van der Waals surface area (Å²) in [6.45, 7) is 5.19. The van der Waals surface area contributed by atoms with Gasteiger partial charge in [0.15, 0.2) is 0 Å². The number of unbranched alkanes of at least 4 members (excludes halogenated alkanes) is 10. The van der Waals surface area contributed by atoms with Crippen molar-refractivity contribution < 1.29 is 9.84 Å². The van der Waals surface area contributed by atoms with E-state index in [0.717, 1.165) is 0 Å². The lowest BCUT2D eigenvalue weighted by molar-refractivity contribution is 0.0167. The standard InChI is InChI=1S/C19H40O2/c1-3-5-7-9-10-11-12-14-16-19(21-18-17-20)15-13-8-6-4-2/h19-20H,3-18H2,1-2H3. The Morgan fingerprint density at radius 1 is 0.667 bits per heavy atom. The maximum atomic E-state index is 8.91. The maximum absolute atomic E-state index is 8.91. The SMILES string of the molecule is CCCCCCCCCCC(CCCCCC)OCCO. The Balaban J connectivity index is 3.51. The quantitative estimate of drug-likeness (QED) is 0.341. The Morgan fingerprint density at radius 3 is 1.57 bits per heavy atom. The first kappa shape index (κ1) is 20.9. The normalized spacial score (nSPS) is 12.7. The van der Waals surface area contributed by atoms with E-state index < -0.39 is 0 Å². The van der Waals surface area contributed by atoms with Crippen LogP contribution in [0.5, 0.6) is 0 Å². The van der Waals surface area contributed by atoms with Gasteiger partial charge in [-0.2, -0.15) is 0 Å². The topological polar surface area (TPSA) is 29.5 Å². The highest BCUT2D eigenvalue weighted by molar-refractivity contribution is 4.60. The Morgan fingerprint density at radius 2 is 1.10 bits per heavy atom. The van der Waals surface area contributed by atoms with Gasteiger partial charge < -0.3 is 9.84 Å². The van der Waals surface area contributed by atoms with E-state index in [1.165, 1.54) is 89.9 Å². The van der Waals surface area contributed by atoms with Crippen LogP contribution in [0.2, 0.25) is 0 Å². The Hall–Kier alpha value is -0.0800. The van der Waals surface area contributed by atoms with Crippen molar-refractivity contribution in [1.29, 1.82) is 0 Å². The Kier molecular flexibility index (Phi) is 17.9. The molecular formula is C19H40O2. The van der Waals surface area contributed by atoms with Crippen molar-refractivity contribution in [1.82, 2.24) is 0 Å². The van der Waals surface area contributed by atoms with E-state index in [1.54, 1.807) is 0 Å². The highest BCUT2D eigenvalue weighted by Gasteiger charge is 2.08. The lowest BCUT2D eigenvalue weighted by Gasteiger charge is -2.17. The van der Waals surface area contributed by atoms with E-state index >= 15 is 0 Å². The first-order chi connectivity index (χ1) is 10.3. The number of hydrogen-bond acceptors (Lipinski definition) is 2. The molecular weight excluding hydrogens is 260 g/mol. The smallest absolute Gasteiger partial charge is 0.0701 e. The van der Waals surface area contributed by atoms with Gasteiger partial charge in [0.1, 0.15) is 0 Å². The van der Waals surface area contributed by atoms with Crippen molar-refractivity contribution >= 4 is 0 Å². The van der Waals surface area contributed by atoms with Crippen LogP contribution >= 0.6 is 0 Å². The van der Waals surface area contributed by atoms with Crippen LogP contribution in [0.1, 0.15) is 104 Å². The van der Waals surface area contributed by atoms with E-state index in [1.807, 2.05) is 0 Å². The fourth-order valence-corrected chi connectivity index (χ4v) is 2.84. The number of hydrogen-bond donors (Lipinski definition) is 1. The Labute approximate surface area is 133 Å². The molecule has 0 saturated carbocycles. The van der Waals surface area contributed by atoms with Gasteiger partial charge in [-0.15, -0.1) is 0 Å². The maximum Gasteiger partial charge on any atom is 0.0701 e. The number of aliphatic hydroxyl groups is 1. The summed E-state index contributed by atoms with van der Waals surface area (Å²) in [6.07, 6.45) is 19.0. The molecule has 0 aliphatic heterocycles. The fourth-order valence-electron chi connectivity index (χ4n) is 2.84. The van der Waals surface area contributed by atoms with E-state index in [2.05, 4.69) is 13.8 Å². The summed E-state index contributed by atoms with van der Waals surface area (Å²) in [5, 5.41) is 8.91. The summed E-state index contributed by atoms with van der Waals surface area (Å²) in [6, 6.07) is 0. The van der Waals surface area contributed by atoms with Crippen molar-refractivity contribution in [3.05, 3.63) is 0 Å². The monoisotopic (exact) mass is 300 g/mol. The molecule has 0 rings (SSSR count). The fraction of sp³-hybridized carbons (Fsp3) is 1.00. The van der Waals surface area contributed by atoms with Crippen molar-refractivity contribution in [3.8, 4) is 0 Å². The van der Waals surface area contributed by atoms with Crippen LogP contribution in [0.25, 0.3) is 0 Å². The molecule has 0 aliphatic carbocycles. The second kappa shape index (κ2) is 18.0. The van der Waals surface area contributed by atoms with Crippen LogP contribution in [0, 0.1) is 0 Å². The molecule has 0 saturated heterocycles. The summed E-state index contributed by atoms with van der Waals surface area (Å²) in [5.41, 5.74) is 0. The predicted octanol–water partition coefficient (Wildman–Crippen LogP) is 5.87. The van der Waals surface area contributed by atoms with Gasteiger partial charge in [-0.3, -0.25) is 0 Å². The van der Waals surface area contributed by atoms with Gasteiger partial charge in [-0.25, -0.2) is 0 Å². The first-order valence-electron chi connectivity index (χ1n) is 9.57. The van der Waals surface area contributed by atoms with Crippen LogP contribution < -0.4 is 0 Å². The summed E-state index contributed by atoms with van der Waals surface area (Å²) < 4.78 is 5.78. The third-order valence-electron chi connectivity index (χ3n) is 4.20. The first-order valence-corrected chi connectivity index (χ1v) is 9.57. The van der Waals surface area contributed by atoms with Crippen LogP contribution in [-0.4, -0.2) is 24.4 Å². The predicted molar refractivity (Wildman–Crippen MR) is 92.8 cm³/mol. The molecule has 1 N–H and O–H groups in total. The zero-order valence-corrected chi connectivity index (χ0v) is 14.7. The minimum Gasteiger partial charge on any atom is -0.394 e. The third-order valence-corrected chi connectivity index (χ3v) is 4.20. The lowest BCUT2D eigenvalue weighted by Crippen LogP contribution is -2.15. The molecule has 0 heterocycles. The summed E-state index contributed by atoms with van der Waals surface area (Å²) in [7, 11) is 0. The van der Waals surface area contributed by atoms with Gasteiger partial charge in [0, 0.05) is 0 Å². The average Bonchev–Trinajstić information content (AvgIpc) is 2.50. The van der Waals surface area contributed by atoms with Crippen molar-refractivity contribution in [2.75, 3.05) is 13.2 Å². The molecule has 1 unspecified atom stereocenters.